The Morgan fingerprint density at radius 2 is 2.07 bits per heavy atom. The van der Waals surface area contributed by atoms with Gasteiger partial charge in [0.2, 0.25) is 0 Å². The molecule has 0 aromatic rings. The molecule has 1 fully saturated rings. The van der Waals surface area contributed by atoms with Gasteiger partial charge in [-0.2, -0.15) is 11.8 Å². The van der Waals surface area contributed by atoms with Gasteiger partial charge in [-0.15, -0.1) is 0 Å². The molecular formula is C10H18O3S. The van der Waals surface area contributed by atoms with Crippen LogP contribution in [0.1, 0.15) is 33.1 Å². The Morgan fingerprint density at radius 1 is 1.50 bits per heavy atom. The van der Waals surface area contributed by atoms with Crippen molar-refractivity contribution in [3.05, 3.63) is 0 Å². The second-order valence-electron chi connectivity index (χ2n) is 4.03. The number of carboxylic acids is 1. The number of aliphatic carboxylic acids is 1. The van der Waals surface area contributed by atoms with Gasteiger partial charge in [-0.05, 0) is 18.1 Å². The van der Waals surface area contributed by atoms with Gasteiger partial charge < -0.3 is 9.84 Å². The molecule has 0 bridgehead atoms. The summed E-state index contributed by atoms with van der Waals surface area (Å²) in [5.41, 5.74) is 0. The van der Waals surface area contributed by atoms with E-state index >= 15 is 0 Å². The lowest BCUT2D eigenvalue weighted by molar-refractivity contribution is -0.138. The van der Waals surface area contributed by atoms with Crippen LogP contribution in [0, 0.1) is 0 Å². The minimum absolute atomic E-state index is 0.0851. The summed E-state index contributed by atoms with van der Waals surface area (Å²) >= 11 is 1.79. The van der Waals surface area contributed by atoms with E-state index in [9.17, 15) is 4.79 Å². The van der Waals surface area contributed by atoms with Crippen LogP contribution >= 0.6 is 11.8 Å². The molecule has 4 heteroatoms. The molecule has 0 aliphatic carbocycles. The van der Waals surface area contributed by atoms with Crippen molar-refractivity contribution in [3.8, 4) is 0 Å². The molecule has 1 aliphatic rings. The smallest absolute Gasteiger partial charge is 0.304 e. The van der Waals surface area contributed by atoms with Crippen LogP contribution in [0.25, 0.3) is 0 Å². The predicted octanol–water partition coefficient (Wildman–Crippen LogP) is 2.15. The fourth-order valence-electron chi connectivity index (χ4n) is 1.86. The van der Waals surface area contributed by atoms with Crippen LogP contribution in [-0.2, 0) is 9.53 Å². The van der Waals surface area contributed by atoms with Crippen LogP contribution in [0.3, 0.4) is 0 Å². The molecule has 0 atom stereocenters. The van der Waals surface area contributed by atoms with E-state index in [2.05, 4.69) is 13.8 Å². The predicted molar refractivity (Wildman–Crippen MR) is 57.8 cm³/mol. The highest BCUT2D eigenvalue weighted by Crippen LogP contribution is 2.40. The van der Waals surface area contributed by atoms with Crippen molar-refractivity contribution in [2.24, 2.45) is 0 Å². The van der Waals surface area contributed by atoms with Gasteiger partial charge in [-0.25, -0.2) is 0 Å². The largest absolute Gasteiger partial charge is 0.481 e. The third-order valence-electron chi connectivity index (χ3n) is 2.36. The molecule has 1 N–H and O–H groups in total. The molecule has 0 amide bonds. The Labute approximate surface area is 89.2 Å². The van der Waals surface area contributed by atoms with Crippen molar-refractivity contribution >= 4 is 17.7 Å². The first-order valence-corrected chi connectivity index (χ1v) is 5.89. The lowest BCUT2D eigenvalue weighted by atomic mass is 9.95. The summed E-state index contributed by atoms with van der Waals surface area (Å²) < 4.78 is 5.20. The Balaban J connectivity index is 2.61. The Morgan fingerprint density at radius 3 is 2.50 bits per heavy atom. The molecule has 0 spiro atoms. The summed E-state index contributed by atoms with van der Waals surface area (Å²) in [5.74, 6) is -0.694. The first-order chi connectivity index (χ1) is 6.54. The number of carbonyl (C=O) groups is 1. The van der Waals surface area contributed by atoms with Crippen LogP contribution in [0.5, 0.6) is 0 Å². The number of hydrogen-bond acceptors (Lipinski definition) is 3. The second-order valence-corrected chi connectivity index (χ2v) is 6.08. The summed E-state index contributed by atoms with van der Waals surface area (Å²) in [4.78, 5) is 10.8. The average molecular weight is 218 g/mol. The molecule has 0 aromatic carbocycles. The van der Waals surface area contributed by atoms with Gasteiger partial charge in [-0.3, -0.25) is 4.79 Å². The van der Waals surface area contributed by atoms with Gasteiger partial charge in [0.15, 0.2) is 0 Å². The highest BCUT2D eigenvalue weighted by Gasteiger charge is 2.36. The monoisotopic (exact) mass is 218 g/mol. The molecular weight excluding hydrogens is 200 g/mol. The number of carboxylic acid groups (broad SMARTS) is 1. The fourth-order valence-corrected chi connectivity index (χ4v) is 3.46. The maximum atomic E-state index is 10.8. The Bertz CT molecular complexity index is 198. The lowest BCUT2D eigenvalue weighted by Gasteiger charge is -2.36. The number of ether oxygens (including phenoxy) is 1. The zero-order chi connectivity index (χ0) is 10.6. The summed E-state index contributed by atoms with van der Waals surface area (Å²) in [6, 6.07) is 0. The normalized spacial score (nSPS) is 21.1. The fraction of sp³-hybridized carbons (Fsp3) is 0.900. The van der Waals surface area contributed by atoms with Crippen LogP contribution in [0.15, 0.2) is 0 Å². The lowest BCUT2D eigenvalue weighted by Crippen LogP contribution is -2.36. The summed E-state index contributed by atoms with van der Waals surface area (Å²) in [7, 11) is 0. The Kier molecular flexibility index (Phi) is 4.26. The summed E-state index contributed by atoms with van der Waals surface area (Å²) in [5, 5.41) is 9.37. The zero-order valence-electron chi connectivity index (χ0n) is 8.78. The molecule has 1 saturated heterocycles. The van der Waals surface area contributed by atoms with E-state index in [-0.39, 0.29) is 11.2 Å². The van der Waals surface area contributed by atoms with E-state index in [0.717, 1.165) is 12.8 Å². The van der Waals surface area contributed by atoms with E-state index in [1.54, 1.807) is 11.8 Å². The molecule has 1 rings (SSSR count). The summed E-state index contributed by atoms with van der Waals surface area (Å²) in [6.07, 6.45) is 1.99. The zero-order valence-corrected chi connectivity index (χ0v) is 9.60. The highest BCUT2D eigenvalue weighted by atomic mass is 32.2. The molecule has 0 radical (unpaired) electrons. The van der Waals surface area contributed by atoms with Crippen LogP contribution in [0.2, 0.25) is 0 Å². The van der Waals surface area contributed by atoms with Gasteiger partial charge in [-0.1, -0.05) is 13.8 Å². The standard InChI is InChI=1S/C10H18O3S/c1-8(2)14-10(7-9(11)12)3-5-13-6-4-10/h8H,3-7H2,1-2H3,(H,11,12). The quantitative estimate of drug-likeness (QED) is 0.785. The van der Waals surface area contributed by atoms with E-state index < -0.39 is 5.97 Å². The SMILES string of the molecule is CC(C)SC1(CC(=O)O)CCOCC1. The van der Waals surface area contributed by atoms with Crippen molar-refractivity contribution in [2.45, 2.75) is 43.1 Å². The molecule has 0 unspecified atom stereocenters. The number of hydrogen-bond donors (Lipinski definition) is 1. The van der Waals surface area contributed by atoms with E-state index in [0.29, 0.717) is 18.5 Å². The van der Waals surface area contributed by atoms with E-state index in [4.69, 9.17) is 9.84 Å². The van der Waals surface area contributed by atoms with Gasteiger partial charge in [0, 0.05) is 18.0 Å². The Hall–Kier alpha value is -0.220. The van der Waals surface area contributed by atoms with E-state index in [1.165, 1.54) is 0 Å². The van der Waals surface area contributed by atoms with Crippen molar-refractivity contribution in [1.29, 1.82) is 0 Å². The molecule has 3 nitrogen and oxygen atoms in total. The minimum Gasteiger partial charge on any atom is -0.481 e. The molecule has 0 aromatic heterocycles. The molecule has 14 heavy (non-hydrogen) atoms. The third-order valence-corrected chi connectivity index (χ3v) is 3.89. The number of rotatable bonds is 4. The van der Waals surface area contributed by atoms with Gasteiger partial charge in [0.05, 0.1) is 6.42 Å². The average Bonchev–Trinajstić information content (AvgIpc) is 2.01. The molecule has 82 valence electrons. The van der Waals surface area contributed by atoms with Crippen LogP contribution in [-0.4, -0.2) is 34.3 Å². The molecule has 1 aliphatic heterocycles. The van der Waals surface area contributed by atoms with Crippen LogP contribution in [0.4, 0.5) is 0 Å². The maximum Gasteiger partial charge on any atom is 0.304 e. The highest BCUT2D eigenvalue weighted by molar-refractivity contribution is 8.01. The topological polar surface area (TPSA) is 46.5 Å². The van der Waals surface area contributed by atoms with Crippen molar-refractivity contribution in [2.75, 3.05) is 13.2 Å². The van der Waals surface area contributed by atoms with Gasteiger partial charge in [0.25, 0.3) is 0 Å². The van der Waals surface area contributed by atoms with E-state index in [1.807, 2.05) is 0 Å². The van der Waals surface area contributed by atoms with Crippen LogP contribution < -0.4 is 0 Å². The first-order valence-electron chi connectivity index (χ1n) is 5.01. The first kappa shape index (κ1) is 11.9. The number of thioether (sulfide) groups is 1. The summed E-state index contributed by atoms with van der Waals surface area (Å²) in [6.45, 7) is 5.63. The van der Waals surface area contributed by atoms with Gasteiger partial charge in [0.1, 0.15) is 0 Å². The minimum atomic E-state index is -0.694. The van der Waals surface area contributed by atoms with Crippen molar-refractivity contribution in [1.82, 2.24) is 0 Å². The van der Waals surface area contributed by atoms with Crippen molar-refractivity contribution in [3.63, 3.8) is 0 Å². The van der Waals surface area contributed by atoms with Gasteiger partial charge >= 0.3 is 5.97 Å². The second kappa shape index (κ2) is 5.03. The maximum absolute atomic E-state index is 10.8. The molecule has 1 heterocycles. The molecule has 0 saturated carbocycles. The third kappa shape index (κ3) is 3.50. The van der Waals surface area contributed by atoms with Crippen molar-refractivity contribution < 1.29 is 14.6 Å².